The Bertz CT molecular complexity index is 480. The van der Waals surface area contributed by atoms with Gasteiger partial charge in [0.25, 0.3) is 0 Å². The van der Waals surface area contributed by atoms with E-state index in [1.54, 1.807) is 11.3 Å². The molecule has 2 rings (SSSR count). The summed E-state index contributed by atoms with van der Waals surface area (Å²) in [6, 6.07) is 9.00. The van der Waals surface area contributed by atoms with E-state index in [0.717, 1.165) is 5.69 Å². The number of benzene rings is 1. The van der Waals surface area contributed by atoms with Gasteiger partial charge in [0, 0.05) is 16.8 Å². The van der Waals surface area contributed by atoms with Crippen LogP contribution in [0.15, 0.2) is 36.0 Å². The lowest BCUT2D eigenvalue weighted by atomic mass is 9.87. The van der Waals surface area contributed by atoms with Crippen molar-refractivity contribution in [1.82, 2.24) is 4.98 Å². The Morgan fingerprint density at radius 3 is 2.33 bits per heavy atom. The summed E-state index contributed by atoms with van der Waals surface area (Å²) < 4.78 is 0. The summed E-state index contributed by atoms with van der Waals surface area (Å²) in [5.41, 5.74) is 4.60. The lowest BCUT2D eigenvalue weighted by Crippen LogP contribution is -2.11. The Hall–Kier alpha value is -1.35. The second-order valence-corrected chi connectivity index (χ2v) is 6.52. The average molecular weight is 260 g/mol. The number of hydrogen-bond acceptors (Lipinski definition) is 3. The third kappa shape index (κ3) is 3.10. The molecule has 0 fully saturated rings. The number of rotatable bonds is 3. The van der Waals surface area contributed by atoms with E-state index in [0.29, 0.717) is 6.04 Å². The highest BCUT2D eigenvalue weighted by Crippen LogP contribution is 2.26. The summed E-state index contributed by atoms with van der Waals surface area (Å²) >= 11 is 1.68. The second-order valence-electron chi connectivity index (χ2n) is 5.60. The van der Waals surface area contributed by atoms with Crippen LogP contribution >= 0.6 is 11.3 Å². The predicted molar refractivity (Wildman–Crippen MR) is 79.3 cm³/mol. The third-order valence-electron chi connectivity index (χ3n) is 3.01. The number of thiazole rings is 1. The van der Waals surface area contributed by atoms with Crippen molar-refractivity contribution in [2.75, 3.05) is 5.32 Å². The summed E-state index contributed by atoms with van der Waals surface area (Å²) in [6.45, 7) is 8.85. The number of nitrogens with zero attached hydrogens (tertiary/aromatic N) is 1. The van der Waals surface area contributed by atoms with E-state index in [1.807, 2.05) is 11.7 Å². The van der Waals surface area contributed by atoms with Crippen molar-refractivity contribution in [2.24, 2.45) is 0 Å². The lowest BCUT2D eigenvalue weighted by molar-refractivity contribution is 0.590. The molecule has 1 aromatic carbocycles. The molecule has 2 nitrogen and oxygen atoms in total. The van der Waals surface area contributed by atoms with Crippen LogP contribution in [0.1, 0.15) is 44.2 Å². The highest BCUT2D eigenvalue weighted by Gasteiger charge is 2.13. The van der Waals surface area contributed by atoms with E-state index in [-0.39, 0.29) is 5.41 Å². The fourth-order valence-electron chi connectivity index (χ4n) is 1.83. The summed E-state index contributed by atoms with van der Waals surface area (Å²) in [7, 11) is 0. The molecule has 3 heteroatoms. The zero-order valence-corrected chi connectivity index (χ0v) is 12.2. The fraction of sp³-hybridized carbons (Fsp3) is 0.400. The van der Waals surface area contributed by atoms with E-state index >= 15 is 0 Å². The molecule has 0 aliphatic carbocycles. The van der Waals surface area contributed by atoms with Gasteiger partial charge in [0.1, 0.15) is 0 Å². The maximum absolute atomic E-state index is 4.11. The Morgan fingerprint density at radius 1 is 1.17 bits per heavy atom. The molecule has 96 valence electrons. The van der Waals surface area contributed by atoms with Gasteiger partial charge < -0.3 is 5.32 Å². The van der Waals surface area contributed by atoms with Gasteiger partial charge in [-0.1, -0.05) is 32.9 Å². The standard InChI is InChI=1S/C15H20N2S/c1-11(14-9-16-10-18-14)17-13-7-5-12(6-8-13)15(2,3)4/h5-11,17H,1-4H3. The SMILES string of the molecule is CC(Nc1ccc(C(C)(C)C)cc1)c1cncs1. The zero-order valence-electron chi connectivity index (χ0n) is 11.4. The number of nitrogens with one attached hydrogen (secondary N) is 1. The van der Waals surface area contributed by atoms with Crippen molar-refractivity contribution in [3.8, 4) is 0 Å². The van der Waals surface area contributed by atoms with Crippen molar-refractivity contribution in [3.63, 3.8) is 0 Å². The smallest absolute Gasteiger partial charge is 0.0795 e. The molecule has 1 heterocycles. The maximum atomic E-state index is 4.11. The van der Waals surface area contributed by atoms with Crippen LogP contribution in [0.3, 0.4) is 0 Å². The molecule has 0 aliphatic heterocycles. The van der Waals surface area contributed by atoms with Crippen LogP contribution in [0.5, 0.6) is 0 Å². The molecule has 2 aromatic rings. The Balaban J connectivity index is 2.07. The first-order valence-corrected chi connectivity index (χ1v) is 7.10. The molecule has 0 saturated heterocycles. The van der Waals surface area contributed by atoms with E-state index in [9.17, 15) is 0 Å². The van der Waals surface area contributed by atoms with Gasteiger partial charge in [0.05, 0.1) is 11.6 Å². The van der Waals surface area contributed by atoms with Crippen LogP contribution in [-0.2, 0) is 5.41 Å². The predicted octanol–water partition coefficient (Wildman–Crippen LogP) is 4.61. The molecule has 1 aromatic heterocycles. The third-order valence-corrected chi connectivity index (χ3v) is 3.97. The number of anilines is 1. The van der Waals surface area contributed by atoms with Crippen molar-refractivity contribution in [2.45, 2.75) is 39.2 Å². The van der Waals surface area contributed by atoms with Crippen LogP contribution in [0.4, 0.5) is 5.69 Å². The van der Waals surface area contributed by atoms with E-state index < -0.39 is 0 Å². The van der Waals surface area contributed by atoms with Gasteiger partial charge >= 0.3 is 0 Å². The molecule has 0 saturated carbocycles. The Morgan fingerprint density at radius 2 is 1.83 bits per heavy atom. The minimum atomic E-state index is 0.210. The molecule has 1 N–H and O–H groups in total. The molecule has 1 unspecified atom stereocenters. The summed E-state index contributed by atoms with van der Waals surface area (Å²) in [4.78, 5) is 5.37. The van der Waals surface area contributed by atoms with Crippen LogP contribution < -0.4 is 5.32 Å². The monoisotopic (exact) mass is 260 g/mol. The van der Waals surface area contributed by atoms with E-state index in [1.165, 1.54) is 10.4 Å². The van der Waals surface area contributed by atoms with Crippen molar-refractivity contribution in [1.29, 1.82) is 0 Å². The van der Waals surface area contributed by atoms with Crippen molar-refractivity contribution in [3.05, 3.63) is 46.4 Å². The number of aromatic nitrogens is 1. The van der Waals surface area contributed by atoms with Gasteiger partial charge in [-0.05, 0) is 30.0 Å². The molecule has 0 amide bonds. The normalized spacial score (nSPS) is 13.3. The van der Waals surface area contributed by atoms with Crippen molar-refractivity contribution >= 4 is 17.0 Å². The van der Waals surface area contributed by atoms with E-state index in [2.05, 4.69) is 62.3 Å². The van der Waals surface area contributed by atoms with Gasteiger partial charge in [0.15, 0.2) is 0 Å². The maximum Gasteiger partial charge on any atom is 0.0795 e. The highest BCUT2D eigenvalue weighted by molar-refractivity contribution is 7.09. The number of hydrogen-bond donors (Lipinski definition) is 1. The van der Waals surface area contributed by atoms with Gasteiger partial charge in [-0.15, -0.1) is 11.3 Å². The van der Waals surface area contributed by atoms with Crippen LogP contribution in [0, 0.1) is 0 Å². The van der Waals surface area contributed by atoms with Crippen molar-refractivity contribution < 1.29 is 0 Å². The van der Waals surface area contributed by atoms with Crippen LogP contribution in [0.25, 0.3) is 0 Å². The molecule has 18 heavy (non-hydrogen) atoms. The first-order chi connectivity index (χ1) is 8.47. The molecule has 0 spiro atoms. The molecule has 0 aliphatic rings. The Labute approximate surface area is 113 Å². The molecule has 0 radical (unpaired) electrons. The summed E-state index contributed by atoms with van der Waals surface area (Å²) in [6.07, 6.45) is 1.92. The van der Waals surface area contributed by atoms with E-state index in [4.69, 9.17) is 0 Å². The topological polar surface area (TPSA) is 24.9 Å². The molecular formula is C15H20N2S. The van der Waals surface area contributed by atoms with Gasteiger partial charge in [-0.2, -0.15) is 0 Å². The molecule has 1 atom stereocenters. The van der Waals surface area contributed by atoms with Gasteiger partial charge in [-0.25, -0.2) is 0 Å². The quantitative estimate of drug-likeness (QED) is 0.871. The van der Waals surface area contributed by atoms with Gasteiger partial charge in [0.2, 0.25) is 0 Å². The molecular weight excluding hydrogens is 240 g/mol. The summed E-state index contributed by atoms with van der Waals surface area (Å²) in [5.74, 6) is 0. The first kappa shape index (κ1) is 13.1. The van der Waals surface area contributed by atoms with Gasteiger partial charge in [-0.3, -0.25) is 4.98 Å². The highest BCUT2D eigenvalue weighted by atomic mass is 32.1. The minimum absolute atomic E-state index is 0.210. The average Bonchev–Trinajstić information content (AvgIpc) is 2.82. The first-order valence-electron chi connectivity index (χ1n) is 6.22. The Kier molecular flexibility index (Phi) is 3.71. The largest absolute Gasteiger partial charge is 0.378 e. The summed E-state index contributed by atoms with van der Waals surface area (Å²) in [5, 5.41) is 3.49. The second kappa shape index (κ2) is 5.11. The molecule has 0 bridgehead atoms. The van der Waals surface area contributed by atoms with Crippen LogP contribution in [-0.4, -0.2) is 4.98 Å². The van der Waals surface area contributed by atoms with Crippen LogP contribution in [0.2, 0.25) is 0 Å². The minimum Gasteiger partial charge on any atom is -0.378 e. The lowest BCUT2D eigenvalue weighted by Gasteiger charge is -2.20. The zero-order chi connectivity index (χ0) is 13.2. The fourth-order valence-corrected chi connectivity index (χ4v) is 2.46.